The van der Waals surface area contributed by atoms with Gasteiger partial charge in [0.2, 0.25) is 0 Å². The fraction of sp³-hybridized carbons (Fsp3) is 0.458. The fourth-order valence-corrected chi connectivity index (χ4v) is 3.84. The number of esters is 1. The van der Waals surface area contributed by atoms with E-state index in [2.05, 4.69) is 29.2 Å². The first-order valence-electron chi connectivity index (χ1n) is 10.1. The Kier molecular flexibility index (Phi) is 6.42. The summed E-state index contributed by atoms with van der Waals surface area (Å²) in [5, 5.41) is 21.2. The normalized spacial score (nSPS) is 25.8. The Balaban J connectivity index is 1.98. The minimum atomic E-state index is -1.13. The number of piperidine rings is 1. The lowest BCUT2D eigenvalue weighted by Gasteiger charge is -2.47. The zero-order chi connectivity index (χ0) is 21.2. The maximum atomic E-state index is 12.5. The highest BCUT2D eigenvalue weighted by molar-refractivity contribution is 5.75. The molecular weight excluding hydrogens is 366 g/mol. The first kappa shape index (κ1) is 21.5. The molecule has 0 aliphatic carbocycles. The van der Waals surface area contributed by atoms with Gasteiger partial charge in [0.15, 0.2) is 0 Å². The smallest absolute Gasteiger partial charge is 0.311 e. The van der Waals surface area contributed by atoms with E-state index in [1.165, 1.54) is 0 Å². The quantitative estimate of drug-likeness (QED) is 0.776. The second-order valence-electron chi connectivity index (χ2n) is 8.84. The highest BCUT2D eigenvalue weighted by Gasteiger charge is 2.46. The monoisotopic (exact) mass is 397 g/mol. The lowest BCUT2D eigenvalue weighted by molar-refractivity contribution is -0.189. The van der Waals surface area contributed by atoms with Crippen molar-refractivity contribution in [2.45, 2.75) is 58.1 Å². The van der Waals surface area contributed by atoms with E-state index < -0.39 is 29.7 Å². The predicted octanol–water partition coefficient (Wildman–Crippen LogP) is 3.16. The molecule has 2 aromatic carbocycles. The van der Waals surface area contributed by atoms with Crippen LogP contribution in [0.25, 0.3) is 0 Å². The van der Waals surface area contributed by atoms with E-state index in [4.69, 9.17) is 4.74 Å². The molecule has 1 aliphatic rings. The molecule has 3 rings (SSSR count). The van der Waals surface area contributed by atoms with Crippen molar-refractivity contribution in [1.82, 2.24) is 4.90 Å². The summed E-state index contributed by atoms with van der Waals surface area (Å²) in [5.41, 5.74) is 1.47. The number of hydrogen-bond acceptors (Lipinski definition) is 5. The summed E-state index contributed by atoms with van der Waals surface area (Å²) in [6.45, 7) is 7.55. The molecule has 0 amide bonds. The minimum Gasteiger partial charge on any atom is -0.457 e. The lowest BCUT2D eigenvalue weighted by atomic mass is 9.88. The molecule has 0 aromatic heterocycles. The average molecular weight is 398 g/mol. The molecule has 2 aromatic rings. The maximum Gasteiger partial charge on any atom is 0.311 e. The zero-order valence-corrected chi connectivity index (χ0v) is 17.5. The molecule has 1 saturated heterocycles. The summed E-state index contributed by atoms with van der Waals surface area (Å²) >= 11 is 0. The molecule has 2 N–H and O–H groups in total. The molecule has 156 valence electrons. The van der Waals surface area contributed by atoms with Crippen LogP contribution in [0.2, 0.25) is 0 Å². The van der Waals surface area contributed by atoms with E-state index in [0.717, 1.165) is 11.1 Å². The van der Waals surface area contributed by atoms with E-state index in [1.54, 1.807) is 20.8 Å². The van der Waals surface area contributed by atoms with Crippen molar-refractivity contribution in [3.63, 3.8) is 0 Å². The van der Waals surface area contributed by atoms with Crippen molar-refractivity contribution >= 4 is 5.97 Å². The molecule has 1 aliphatic heterocycles. The molecule has 0 spiro atoms. The molecule has 4 atom stereocenters. The number of β-amino-alcohol motifs (C(OH)–C–C–N with tert-alkyl or cyclic N) is 1. The van der Waals surface area contributed by atoms with Gasteiger partial charge in [-0.05, 0) is 38.8 Å². The van der Waals surface area contributed by atoms with Crippen LogP contribution >= 0.6 is 0 Å². The van der Waals surface area contributed by atoms with Gasteiger partial charge in [0.1, 0.15) is 12.2 Å². The van der Waals surface area contributed by atoms with Gasteiger partial charge in [-0.15, -0.1) is 0 Å². The topological polar surface area (TPSA) is 70.0 Å². The van der Waals surface area contributed by atoms with Crippen molar-refractivity contribution in [2.24, 2.45) is 5.41 Å². The van der Waals surface area contributed by atoms with Crippen LogP contribution in [0, 0.1) is 5.41 Å². The molecule has 29 heavy (non-hydrogen) atoms. The minimum absolute atomic E-state index is 0.134. The summed E-state index contributed by atoms with van der Waals surface area (Å²) in [4.78, 5) is 14.6. The number of carbonyl (C=O) groups excluding carboxylic acids is 1. The molecule has 5 heteroatoms. The second kappa shape index (κ2) is 8.66. The SMILES string of the molecule is C[C@H]1[C@@H](OC(=O)C(C)(C)C)[C@@H](O)[C@H](O)CN1C(c1ccccc1)c1ccccc1. The maximum absolute atomic E-state index is 12.5. The molecule has 1 heterocycles. The number of benzene rings is 2. The number of carbonyl (C=O) groups is 1. The number of likely N-dealkylation sites (tertiary alicyclic amines) is 1. The second-order valence-corrected chi connectivity index (χ2v) is 8.84. The first-order chi connectivity index (χ1) is 13.7. The van der Waals surface area contributed by atoms with Gasteiger partial charge >= 0.3 is 5.97 Å². The van der Waals surface area contributed by atoms with E-state index in [-0.39, 0.29) is 18.6 Å². The molecular formula is C24H31NO4. The average Bonchev–Trinajstić information content (AvgIpc) is 2.70. The van der Waals surface area contributed by atoms with Gasteiger partial charge in [0.25, 0.3) is 0 Å². The molecule has 0 saturated carbocycles. The van der Waals surface area contributed by atoms with Gasteiger partial charge in [-0.2, -0.15) is 0 Å². The number of nitrogens with zero attached hydrogens (tertiary/aromatic N) is 1. The van der Waals surface area contributed by atoms with Crippen LogP contribution in [0.5, 0.6) is 0 Å². The van der Waals surface area contributed by atoms with E-state index in [0.29, 0.717) is 0 Å². The number of aliphatic hydroxyl groups is 2. The Morgan fingerprint density at radius 1 is 1.00 bits per heavy atom. The van der Waals surface area contributed by atoms with Gasteiger partial charge in [0.05, 0.1) is 17.6 Å². The number of ether oxygens (including phenoxy) is 1. The van der Waals surface area contributed by atoms with Gasteiger partial charge in [-0.25, -0.2) is 0 Å². The zero-order valence-electron chi connectivity index (χ0n) is 17.5. The van der Waals surface area contributed by atoms with Gasteiger partial charge < -0.3 is 14.9 Å². The van der Waals surface area contributed by atoms with Crippen molar-refractivity contribution in [1.29, 1.82) is 0 Å². The number of aliphatic hydroxyl groups excluding tert-OH is 2. The third-order valence-corrected chi connectivity index (χ3v) is 5.55. The van der Waals surface area contributed by atoms with Crippen LogP contribution in [-0.4, -0.2) is 52.0 Å². The van der Waals surface area contributed by atoms with Crippen molar-refractivity contribution in [3.8, 4) is 0 Å². The number of hydrogen-bond donors (Lipinski definition) is 2. The molecule has 5 nitrogen and oxygen atoms in total. The Labute approximate surface area is 172 Å². The summed E-state index contributed by atoms with van der Waals surface area (Å²) in [5.74, 6) is -0.390. The standard InChI is InChI=1S/C24H31NO4/c1-16-22(29-23(28)24(2,3)4)21(27)19(26)15-25(16)20(17-11-7-5-8-12-17)18-13-9-6-10-14-18/h5-14,16,19-22,26-27H,15H2,1-4H3/t16-,19+,21-,22+/m0/s1. The third-order valence-electron chi connectivity index (χ3n) is 5.55. The lowest BCUT2D eigenvalue weighted by Crippen LogP contribution is -2.62. The van der Waals surface area contributed by atoms with Crippen LogP contribution < -0.4 is 0 Å². The van der Waals surface area contributed by atoms with E-state index >= 15 is 0 Å². The van der Waals surface area contributed by atoms with Crippen LogP contribution in [0.1, 0.15) is 44.9 Å². The molecule has 0 unspecified atom stereocenters. The van der Waals surface area contributed by atoms with Crippen molar-refractivity contribution in [3.05, 3.63) is 71.8 Å². The Hall–Kier alpha value is -2.21. The van der Waals surface area contributed by atoms with Crippen molar-refractivity contribution < 1.29 is 19.7 Å². The summed E-state index contributed by atoms with van der Waals surface area (Å²) in [7, 11) is 0. The van der Waals surface area contributed by atoms with E-state index in [9.17, 15) is 15.0 Å². The Bertz CT molecular complexity index is 763. The molecule has 0 bridgehead atoms. The summed E-state index contributed by atoms with van der Waals surface area (Å²) in [6.07, 6.45) is -2.96. The van der Waals surface area contributed by atoms with Crippen LogP contribution in [-0.2, 0) is 9.53 Å². The Morgan fingerprint density at radius 3 is 1.93 bits per heavy atom. The van der Waals surface area contributed by atoms with Gasteiger partial charge in [-0.1, -0.05) is 60.7 Å². The third kappa shape index (κ3) is 4.69. The van der Waals surface area contributed by atoms with Crippen LogP contribution in [0.4, 0.5) is 0 Å². The molecule has 1 fully saturated rings. The highest BCUT2D eigenvalue weighted by Crippen LogP contribution is 2.35. The predicted molar refractivity (Wildman–Crippen MR) is 112 cm³/mol. The fourth-order valence-electron chi connectivity index (χ4n) is 3.84. The van der Waals surface area contributed by atoms with Gasteiger partial charge in [0, 0.05) is 12.6 Å². The Morgan fingerprint density at radius 2 is 1.48 bits per heavy atom. The van der Waals surface area contributed by atoms with Crippen LogP contribution in [0.3, 0.4) is 0 Å². The summed E-state index contributed by atoms with van der Waals surface area (Å²) in [6, 6.07) is 19.7. The number of rotatable bonds is 4. The largest absolute Gasteiger partial charge is 0.457 e. The van der Waals surface area contributed by atoms with Crippen molar-refractivity contribution in [2.75, 3.05) is 6.54 Å². The van der Waals surface area contributed by atoms with E-state index in [1.807, 2.05) is 43.3 Å². The summed E-state index contributed by atoms with van der Waals surface area (Å²) < 4.78 is 5.71. The van der Waals surface area contributed by atoms with Crippen LogP contribution in [0.15, 0.2) is 60.7 Å². The molecule has 0 radical (unpaired) electrons. The first-order valence-corrected chi connectivity index (χ1v) is 10.1. The highest BCUT2D eigenvalue weighted by atomic mass is 16.6. The van der Waals surface area contributed by atoms with Gasteiger partial charge in [-0.3, -0.25) is 9.69 Å².